The van der Waals surface area contributed by atoms with Crippen molar-refractivity contribution in [2.75, 3.05) is 26.4 Å². The van der Waals surface area contributed by atoms with E-state index in [0.29, 0.717) is 32.2 Å². The number of nitrogens with zero attached hydrogens (tertiary/aromatic N) is 1. The van der Waals surface area contributed by atoms with Crippen LogP contribution in [0.4, 0.5) is 0 Å². The third kappa shape index (κ3) is 4.73. The Morgan fingerprint density at radius 2 is 1.93 bits per heavy atom. The Kier molecular flexibility index (Phi) is 6.22. The van der Waals surface area contributed by atoms with E-state index in [1.165, 1.54) is 5.56 Å². The Bertz CT molecular complexity index is 788. The van der Waals surface area contributed by atoms with Gasteiger partial charge in [0.1, 0.15) is 19.0 Å². The lowest BCUT2D eigenvalue weighted by Crippen LogP contribution is -2.34. The Labute approximate surface area is 160 Å². The van der Waals surface area contributed by atoms with Crippen LogP contribution in [0, 0.1) is 0 Å². The smallest absolute Gasteiger partial charge is 0.260 e. The minimum absolute atomic E-state index is 0.0156. The van der Waals surface area contributed by atoms with Crippen molar-refractivity contribution in [3.8, 4) is 17.2 Å². The number of fused-ring (bicyclic) bond motifs is 1. The molecule has 0 spiro atoms. The molecule has 2 aromatic rings. The summed E-state index contributed by atoms with van der Waals surface area (Å²) < 4.78 is 17.1. The molecule has 0 N–H and O–H groups in total. The first-order valence-electron chi connectivity index (χ1n) is 9.46. The minimum Gasteiger partial charge on any atom is -0.486 e. The van der Waals surface area contributed by atoms with Gasteiger partial charge in [0.25, 0.3) is 5.91 Å². The van der Waals surface area contributed by atoms with Gasteiger partial charge in [0, 0.05) is 18.7 Å². The van der Waals surface area contributed by atoms with Gasteiger partial charge in [-0.25, -0.2) is 0 Å². The molecule has 0 saturated heterocycles. The van der Waals surface area contributed by atoms with Crippen molar-refractivity contribution in [2.24, 2.45) is 0 Å². The van der Waals surface area contributed by atoms with Gasteiger partial charge in [0.05, 0.1) is 0 Å². The fourth-order valence-corrected chi connectivity index (χ4v) is 3.04. The van der Waals surface area contributed by atoms with E-state index in [1.807, 2.05) is 43.3 Å². The van der Waals surface area contributed by atoms with Crippen LogP contribution < -0.4 is 14.2 Å². The predicted molar refractivity (Wildman–Crippen MR) is 105 cm³/mol. The number of hydrogen-bond donors (Lipinski definition) is 0. The lowest BCUT2D eigenvalue weighted by Gasteiger charge is -2.25. The van der Waals surface area contributed by atoms with Gasteiger partial charge in [0.15, 0.2) is 18.1 Å². The molecule has 144 valence electrons. The van der Waals surface area contributed by atoms with Crippen LogP contribution in [0.15, 0.2) is 42.5 Å². The predicted octanol–water partition coefficient (Wildman–Crippen LogP) is 4.01. The fourth-order valence-electron chi connectivity index (χ4n) is 3.04. The Balaban J connectivity index is 1.64. The van der Waals surface area contributed by atoms with Crippen LogP contribution in [0.1, 0.15) is 37.8 Å². The Morgan fingerprint density at radius 3 is 2.70 bits per heavy atom. The molecule has 5 nitrogen and oxygen atoms in total. The molecule has 3 rings (SSSR count). The van der Waals surface area contributed by atoms with Crippen LogP contribution >= 0.6 is 0 Å². The third-order valence-electron chi connectivity index (χ3n) is 4.63. The highest BCUT2D eigenvalue weighted by Gasteiger charge is 2.20. The van der Waals surface area contributed by atoms with Gasteiger partial charge in [-0.2, -0.15) is 0 Å². The van der Waals surface area contributed by atoms with Gasteiger partial charge in [0.2, 0.25) is 0 Å². The molecular weight excluding hydrogens is 342 g/mol. The normalized spacial score (nSPS) is 12.7. The second-order valence-corrected chi connectivity index (χ2v) is 6.87. The van der Waals surface area contributed by atoms with E-state index < -0.39 is 0 Å². The molecule has 0 aromatic heterocycles. The van der Waals surface area contributed by atoms with Gasteiger partial charge in [-0.15, -0.1) is 0 Å². The van der Waals surface area contributed by atoms with Crippen molar-refractivity contribution in [1.82, 2.24) is 4.90 Å². The fraction of sp³-hybridized carbons (Fsp3) is 0.409. The molecule has 0 aliphatic carbocycles. The molecule has 1 amide bonds. The topological polar surface area (TPSA) is 48.0 Å². The van der Waals surface area contributed by atoms with E-state index >= 15 is 0 Å². The van der Waals surface area contributed by atoms with E-state index in [-0.39, 0.29) is 12.5 Å². The summed E-state index contributed by atoms with van der Waals surface area (Å²) >= 11 is 0. The molecule has 0 saturated carbocycles. The van der Waals surface area contributed by atoms with Crippen LogP contribution in [0.5, 0.6) is 17.2 Å². The van der Waals surface area contributed by atoms with Gasteiger partial charge < -0.3 is 19.1 Å². The second kappa shape index (κ2) is 8.80. The maximum Gasteiger partial charge on any atom is 0.260 e. The number of ether oxygens (including phenoxy) is 3. The number of rotatable bonds is 7. The largest absolute Gasteiger partial charge is 0.486 e. The molecule has 1 heterocycles. The lowest BCUT2D eigenvalue weighted by atomic mass is 10.0. The van der Waals surface area contributed by atoms with Gasteiger partial charge in [-0.3, -0.25) is 4.79 Å². The Morgan fingerprint density at radius 1 is 1.15 bits per heavy atom. The minimum atomic E-state index is -0.0539. The van der Waals surface area contributed by atoms with Crippen molar-refractivity contribution in [3.63, 3.8) is 0 Å². The van der Waals surface area contributed by atoms with Crippen LogP contribution in [-0.4, -0.2) is 37.2 Å². The standard InChI is InChI=1S/C22H27NO4/c1-4-23(14-18-8-6-10-20-22(18)26-12-11-25-20)21(24)15-27-19-9-5-7-17(13-19)16(2)3/h5-10,13,16H,4,11-12,14-15H2,1-3H3. The number of benzene rings is 2. The summed E-state index contributed by atoms with van der Waals surface area (Å²) in [5.41, 5.74) is 2.14. The summed E-state index contributed by atoms with van der Waals surface area (Å²) in [6.45, 7) is 8.39. The van der Waals surface area contributed by atoms with Crippen molar-refractivity contribution < 1.29 is 19.0 Å². The first kappa shape index (κ1) is 19.1. The zero-order valence-electron chi connectivity index (χ0n) is 16.2. The molecule has 0 unspecified atom stereocenters. The summed E-state index contributed by atoms with van der Waals surface area (Å²) in [4.78, 5) is 14.4. The van der Waals surface area contributed by atoms with Crippen molar-refractivity contribution in [3.05, 3.63) is 53.6 Å². The maximum absolute atomic E-state index is 12.7. The number of likely N-dealkylation sites (N-methyl/N-ethyl adjacent to an activating group) is 1. The highest BCUT2D eigenvalue weighted by atomic mass is 16.6. The van der Waals surface area contributed by atoms with Crippen LogP contribution in [-0.2, 0) is 11.3 Å². The van der Waals surface area contributed by atoms with Gasteiger partial charge in [-0.05, 0) is 36.6 Å². The summed E-state index contributed by atoms with van der Waals surface area (Å²) in [6.07, 6.45) is 0. The first-order valence-corrected chi connectivity index (χ1v) is 9.46. The summed E-state index contributed by atoms with van der Waals surface area (Å²) in [6, 6.07) is 13.7. The van der Waals surface area contributed by atoms with Gasteiger partial charge >= 0.3 is 0 Å². The first-order chi connectivity index (χ1) is 13.1. The van der Waals surface area contributed by atoms with E-state index in [9.17, 15) is 4.79 Å². The molecule has 0 radical (unpaired) electrons. The average molecular weight is 369 g/mol. The summed E-state index contributed by atoms with van der Waals surface area (Å²) in [5.74, 6) is 2.56. The monoisotopic (exact) mass is 369 g/mol. The van der Waals surface area contributed by atoms with Crippen LogP contribution in [0.3, 0.4) is 0 Å². The zero-order valence-corrected chi connectivity index (χ0v) is 16.2. The van der Waals surface area contributed by atoms with E-state index in [0.717, 1.165) is 22.8 Å². The summed E-state index contributed by atoms with van der Waals surface area (Å²) in [5, 5.41) is 0. The molecule has 1 aliphatic rings. The molecule has 1 aliphatic heterocycles. The van der Waals surface area contributed by atoms with Gasteiger partial charge in [-0.1, -0.05) is 38.1 Å². The van der Waals surface area contributed by atoms with Crippen LogP contribution in [0.25, 0.3) is 0 Å². The van der Waals surface area contributed by atoms with Crippen molar-refractivity contribution in [1.29, 1.82) is 0 Å². The molecule has 0 fully saturated rings. The Hall–Kier alpha value is -2.69. The zero-order chi connectivity index (χ0) is 19.2. The third-order valence-corrected chi connectivity index (χ3v) is 4.63. The number of amides is 1. The number of carbonyl (C=O) groups is 1. The lowest BCUT2D eigenvalue weighted by molar-refractivity contribution is -0.133. The summed E-state index contributed by atoms with van der Waals surface area (Å²) in [7, 11) is 0. The molecule has 0 bridgehead atoms. The molecule has 27 heavy (non-hydrogen) atoms. The number of hydrogen-bond acceptors (Lipinski definition) is 4. The van der Waals surface area contributed by atoms with E-state index in [4.69, 9.17) is 14.2 Å². The van der Waals surface area contributed by atoms with Crippen LogP contribution in [0.2, 0.25) is 0 Å². The number of carbonyl (C=O) groups excluding carboxylic acids is 1. The molecule has 2 aromatic carbocycles. The molecular formula is C22H27NO4. The van der Waals surface area contributed by atoms with Crippen molar-refractivity contribution in [2.45, 2.75) is 33.2 Å². The quantitative estimate of drug-likeness (QED) is 0.740. The average Bonchev–Trinajstić information content (AvgIpc) is 2.70. The SMILES string of the molecule is CCN(Cc1cccc2c1OCCO2)C(=O)COc1cccc(C(C)C)c1. The number of para-hydroxylation sites is 1. The van der Waals surface area contributed by atoms with E-state index in [1.54, 1.807) is 4.90 Å². The highest BCUT2D eigenvalue weighted by Crippen LogP contribution is 2.34. The second-order valence-electron chi connectivity index (χ2n) is 6.87. The van der Waals surface area contributed by atoms with E-state index in [2.05, 4.69) is 19.9 Å². The molecule has 5 heteroatoms. The highest BCUT2D eigenvalue weighted by molar-refractivity contribution is 5.78. The molecule has 0 atom stereocenters. The van der Waals surface area contributed by atoms with Crippen molar-refractivity contribution >= 4 is 5.91 Å². The maximum atomic E-state index is 12.7.